The van der Waals surface area contributed by atoms with Crippen molar-refractivity contribution < 1.29 is 14.3 Å². The molecule has 1 aliphatic rings. The number of carbonyl (C=O) groups is 2. The highest BCUT2D eigenvalue weighted by atomic mass is 32.1. The molecule has 2 heterocycles. The van der Waals surface area contributed by atoms with Crippen molar-refractivity contribution in [2.45, 2.75) is 13.3 Å². The van der Waals surface area contributed by atoms with Crippen molar-refractivity contribution in [2.75, 3.05) is 24.2 Å². The van der Waals surface area contributed by atoms with Gasteiger partial charge in [-0.15, -0.1) is 0 Å². The van der Waals surface area contributed by atoms with Gasteiger partial charge in [-0.05, 0) is 54.4 Å². The minimum absolute atomic E-state index is 0.0464. The summed E-state index contributed by atoms with van der Waals surface area (Å²) in [6, 6.07) is 8.16. The Morgan fingerprint density at radius 3 is 2.74 bits per heavy atom. The van der Waals surface area contributed by atoms with E-state index in [9.17, 15) is 14.4 Å². The zero-order valence-electron chi connectivity index (χ0n) is 21.3. The quantitative estimate of drug-likeness (QED) is 0.284. The lowest BCUT2D eigenvalue weighted by Gasteiger charge is -2.11. The SMILES string of the molecule is C=C(C=CC(=CC)CNc1s[nH]c(=O)c1C#N)NC(=O)Nc1ccc(OC2=CC(C(=O)NC)=NC=CC2)cc1. The number of ether oxygens (including phenoxy) is 1. The summed E-state index contributed by atoms with van der Waals surface area (Å²) in [6.07, 6.45) is 10.7. The molecule has 2 aromatic rings. The molecule has 0 saturated carbocycles. The van der Waals surface area contributed by atoms with Gasteiger partial charge in [0.1, 0.15) is 28.3 Å². The molecule has 39 heavy (non-hydrogen) atoms. The standard InChI is InChI=1S/C27H27N7O4S/c1-4-18(16-31-26-22(15-28)24(35)34-39-26)8-7-17(2)32-27(37)33-19-9-11-20(12-10-19)38-21-6-5-13-30-23(14-21)25(36)29-3/h4-5,7-14,31H,2,6,16H2,1,3H3,(H,29,36)(H,34,35)(H2,32,33,37). The van der Waals surface area contributed by atoms with Crippen LogP contribution < -0.4 is 31.6 Å². The summed E-state index contributed by atoms with van der Waals surface area (Å²) in [5.74, 6) is 0.777. The molecule has 0 fully saturated rings. The number of carbonyl (C=O) groups excluding carboxylic acids is 2. The Bertz CT molecular complexity index is 1480. The van der Waals surface area contributed by atoms with Crippen molar-refractivity contribution in [1.29, 1.82) is 5.26 Å². The first-order valence-corrected chi connectivity index (χ1v) is 12.5. The molecule has 12 heteroatoms. The first kappa shape index (κ1) is 28.4. The zero-order valence-corrected chi connectivity index (χ0v) is 22.1. The second kappa shape index (κ2) is 14.0. The lowest BCUT2D eigenvalue weighted by Crippen LogP contribution is -2.27. The third-order valence-corrected chi connectivity index (χ3v) is 6.00. The highest BCUT2D eigenvalue weighted by Crippen LogP contribution is 2.20. The molecule has 0 saturated heterocycles. The molecule has 3 amide bonds. The molecule has 0 radical (unpaired) electrons. The van der Waals surface area contributed by atoms with Crippen LogP contribution in [-0.2, 0) is 4.79 Å². The van der Waals surface area contributed by atoms with Gasteiger partial charge in [-0.2, -0.15) is 5.26 Å². The van der Waals surface area contributed by atoms with E-state index in [1.807, 2.05) is 19.1 Å². The van der Waals surface area contributed by atoms with E-state index in [4.69, 9.17) is 10.00 Å². The second-order valence-corrected chi connectivity index (χ2v) is 8.74. The molecule has 0 atom stereocenters. The third-order valence-electron chi connectivity index (χ3n) is 5.16. The summed E-state index contributed by atoms with van der Waals surface area (Å²) in [5, 5.41) is 20.5. The van der Waals surface area contributed by atoms with E-state index in [1.165, 1.54) is 7.05 Å². The Labute approximate surface area is 229 Å². The van der Waals surface area contributed by atoms with Crippen LogP contribution in [0.5, 0.6) is 5.75 Å². The van der Waals surface area contributed by atoms with Crippen LogP contribution in [0.25, 0.3) is 0 Å². The number of benzene rings is 1. The normalized spacial score (nSPS) is 13.0. The van der Waals surface area contributed by atoms with E-state index >= 15 is 0 Å². The van der Waals surface area contributed by atoms with Gasteiger partial charge >= 0.3 is 6.03 Å². The molecule has 0 bridgehead atoms. The Balaban J connectivity index is 1.49. The number of aromatic nitrogens is 1. The van der Waals surface area contributed by atoms with Crippen molar-refractivity contribution in [1.82, 2.24) is 15.0 Å². The van der Waals surface area contributed by atoms with Gasteiger partial charge in [-0.25, -0.2) is 4.79 Å². The van der Waals surface area contributed by atoms with Crippen molar-refractivity contribution >= 4 is 39.9 Å². The monoisotopic (exact) mass is 545 g/mol. The second-order valence-electron chi connectivity index (χ2n) is 7.92. The third kappa shape index (κ3) is 8.44. The fourth-order valence-electron chi connectivity index (χ4n) is 3.16. The Morgan fingerprint density at radius 2 is 2.05 bits per heavy atom. The summed E-state index contributed by atoms with van der Waals surface area (Å²) >= 11 is 1.06. The predicted octanol–water partition coefficient (Wildman–Crippen LogP) is 3.92. The highest BCUT2D eigenvalue weighted by Gasteiger charge is 2.12. The lowest BCUT2D eigenvalue weighted by atomic mass is 10.2. The van der Waals surface area contributed by atoms with Gasteiger partial charge in [0, 0.05) is 43.7 Å². The van der Waals surface area contributed by atoms with Gasteiger partial charge in [0.2, 0.25) is 0 Å². The van der Waals surface area contributed by atoms with Crippen molar-refractivity contribution in [3.8, 4) is 11.8 Å². The number of nitrogens with zero attached hydrogens (tertiary/aromatic N) is 2. The van der Waals surface area contributed by atoms with Gasteiger partial charge in [0.05, 0.1) is 0 Å². The summed E-state index contributed by atoms with van der Waals surface area (Å²) in [6.45, 7) is 6.06. The maximum absolute atomic E-state index is 12.4. The molecule has 0 unspecified atom stereocenters. The van der Waals surface area contributed by atoms with Gasteiger partial charge in [-0.3, -0.25) is 19.0 Å². The van der Waals surface area contributed by atoms with E-state index in [0.717, 1.165) is 17.1 Å². The van der Waals surface area contributed by atoms with Gasteiger partial charge < -0.3 is 26.0 Å². The topological polar surface area (TPSA) is 160 Å². The number of anilines is 2. The molecule has 1 aliphatic heterocycles. The minimum Gasteiger partial charge on any atom is -0.461 e. The molecular weight excluding hydrogens is 518 g/mol. The predicted molar refractivity (Wildman–Crippen MR) is 153 cm³/mol. The number of nitriles is 1. The first-order chi connectivity index (χ1) is 18.8. The van der Waals surface area contributed by atoms with E-state index < -0.39 is 11.6 Å². The maximum atomic E-state index is 12.4. The van der Waals surface area contributed by atoms with Crippen LogP contribution in [0, 0.1) is 11.3 Å². The number of amides is 3. The van der Waals surface area contributed by atoms with E-state index in [1.54, 1.807) is 54.8 Å². The fraction of sp³-hybridized carbons (Fsp3) is 0.148. The molecule has 0 aliphatic carbocycles. The van der Waals surface area contributed by atoms with Gasteiger partial charge in [0.15, 0.2) is 5.56 Å². The van der Waals surface area contributed by atoms with Gasteiger partial charge in [0.25, 0.3) is 11.5 Å². The first-order valence-electron chi connectivity index (χ1n) is 11.7. The number of urea groups is 1. The molecule has 5 N–H and O–H groups in total. The number of allylic oxidation sites excluding steroid dienone is 3. The Hall–Kier alpha value is -5.15. The Morgan fingerprint density at radius 1 is 1.28 bits per heavy atom. The van der Waals surface area contributed by atoms with Crippen LogP contribution in [0.3, 0.4) is 0 Å². The number of aromatic amines is 1. The van der Waals surface area contributed by atoms with Crippen LogP contribution in [0.1, 0.15) is 18.9 Å². The maximum Gasteiger partial charge on any atom is 0.323 e. The summed E-state index contributed by atoms with van der Waals surface area (Å²) in [7, 11) is 1.53. The lowest BCUT2D eigenvalue weighted by molar-refractivity contribution is -0.114. The Kier molecular flexibility index (Phi) is 10.2. The van der Waals surface area contributed by atoms with Crippen LogP contribution in [0.15, 0.2) is 94.2 Å². The van der Waals surface area contributed by atoms with Crippen LogP contribution in [0.2, 0.25) is 0 Å². The van der Waals surface area contributed by atoms with E-state index in [-0.39, 0.29) is 17.2 Å². The van der Waals surface area contributed by atoms with E-state index in [0.29, 0.717) is 40.9 Å². The van der Waals surface area contributed by atoms with Crippen molar-refractivity contribution in [2.24, 2.45) is 4.99 Å². The molecular formula is C27H27N7O4S. The largest absolute Gasteiger partial charge is 0.461 e. The summed E-state index contributed by atoms with van der Waals surface area (Å²) in [4.78, 5) is 39.9. The molecule has 0 spiro atoms. The number of rotatable bonds is 10. The van der Waals surface area contributed by atoms with E-state index in [2.05, 4.69) is 37.2 Å². The fourth-order valence-corrected chi connectivity index (χ4v) is 3.84. The number of aliphatic imine (C=N–C) groups is 1. The van der Waals surface area contributed by atoms with Crippen LogP contribution in [-0.4, -0.2) is 35.6 Å². The van der Waals surface area contributed by atoms with Crippen molar-refractivity contribution in [3.05, 3.63) is 100 Å². The van der Waals surface area contributed by atoms with Crippen LogP contribution >= 0.6 is 11.5 Å². The minimum atomic E-state index is -0.475. The highest BCUT2D eigenvalue weighted by molar-refractivity contribution is 7.10. The number of nitrogens with one attached hydrogen (secondary N) is 5. The molecule has 3 rings (SSSR count). The molecule has 1 aromatic heterocycles. The average Bonchev–Trinajstić information content (AvgIpc) is 3.12. The molecule has 200 valence electrons. The van der Waals surface area contributed by atoms with Crippen molar-refractivity contribution in [3.63, 3.8) is 0 Å². The molecule has 1 aromatic carbocycles. The molecule has 11 nitrogen and oxygen atoms in total. The number of hydrogen-bond donors (Lipinski definition) is 5. The zero-order chi connectivity index (χ0) is 28.2. The average molecular weight is 546 g/mol. The van der Waals surface area contributed by atoms with Crippen LogP contribution in [0.4, 0.5) is 15.5 Å². The smallest absolute Gasteiger partial charge is 0.323 e. The van der Waals surface area contributed by atoms with Gasteiger partial charge in [-0.1, -0.05) is 24.8 Å². The number of H-pyrrole nitrogens is 1. The summed E-state index contributed by atoms with van der Waals surface area (Å²) in [5.41, 5.74) is 1.62. The number of hydrogen-bond acceptors (Lipinski definition) is 8. The summed E-state index contributed by atoms with van der Waals surface area (Å²) < 4.78 is 8.38.